The number of nitro benzene ring substituents is 1. The Hall–Kier alpha value is -3.75. The van der Waals surface area contributed by atoms with Crippen molar-refractivity contribution in [1.82, 2.24) is 20.3 Å². The molecule has 1 aromatic heterocycles. The Morgan fingerprint density at radius 2 is 1.91 bits per heavy atom. The standard InChI is InChI=1S/C23H27N5O4/c1-15(2)32-21-12-10-18(11-13-21)9-8-16(3)24-23(29)22-17(4)27(26-25-22)19-6-5-7-20(14-19)28(30)31/h5-7,10-16H,8-9H2,1-4H3,(H,24,29). The molecule has 2 aromatic carbocycles. The minimum atomic E-state index is -0.476. The molecule has 32 heavy (non-hydrogen) atoms. The van der Waals surface area contributed by atoms with Gasteiger partial charge in [-0.15, -0.1) is 5.10 Å². The first kappa shape index (κ1) is 22.9. The largest absolute Gasteiger partial charge is 0.491 e. The van der Waals surface area contributed by atoms with Gasteiger partial charge in [0.2, 0.25) is 0 Å². The van der Waals surface area contributed by atoms with Crippen LogP contribution in [0.4, 0.5) is 5.69 Å². The predicted octanol–water partition coefficient (Wildman–Crippen LogP) is 4.02. The minimum Gasteiger partial charge on any atom is -0.491 e. The van der Waals surface area contributed by atoms with Gasteiger partial charge in [0.05, 0.1) is 22.4 Å². The number of aromatic nitrogens is 3. The molecule has 3 aromatic rings. The van der Waals surface area contributed by atoms with Crippen molar-refractivity contribution in [2.24, 2.45) is 0 Å². The Kier molecular flexibility index (Phi) is 7.19. The summed E-state index contributed by atoms with van der Waals surface area (Å²) in [4.78, 5) is 23.2. The first-order valence-electron chi connectivity index (χ1n) is 10.5. The summed E-state index contributed by atoms with van der Waals surface area (Å²) in [7, 11) is 0. The third-order valence-electron chi connectivity index (χ3n) is 4.93. The zero-order valence-corrected chi connectivity index (χ0v) is 18.6. The fraction of sp³-hybridized carbons (Fsp3) is 0.348. The molecule has 0 aliphatic heterocycles. The number of benzene rings is 2. The highest BCUT2D eigenvalue weighted by Gasteiger charge is 2.20. The van der Waals surface area contributed by atoms with E-state index < -0.39 is 4.92 Å². The summed E-state index contributed by atoms with van der Waals surface area (Å²) in [5.41, 5.74) is 2.28. The average molecular weight is 438 g/mol. The maximum absolute atomic E-state index is 12.7. The summed E-state index contributed by atoms with van der Waals surface area (Å²) in [6.07, 6.45) is 1.70. The summed E-state index contributed by atoms with van der Waals surface area (Å²) >= 11 is 0. The van der Waals surface area contributed by atoms with Crippen molar-refractivity contribution in [3.05, 3.63) is 75.6 Å². The monoisotopic (exact) mass is 437 g/mol. The third kappa shape index (κ3) is 5.69. The van der Waals surface area contributed by atoms with Gasteiger partial charge < -0.3 is 10.1 Å². The molecule has 9 heteroatoms. The van der Waals surface area contributed by atoms with E-state index in [0.717, 1.165) is 24.2 Å². The van der Waals surface area contributed by atoms with Gasteiger partial charge in [0.15, 0.2) is 5.69 Å². The van der Waals surface area contributed by atoms with Crippen LogP contribution in [0.2, 0.25) is 0 Å². The van der Waals surface area contributed by atoms with Crippen molar-refractivity contribution in [2.75, 3.05) is 0 Å². The zero-order chi connectivity index (χ0) is 23.3. The molecule has 0 aliphatic rings. The fourth-order valence-corrected chi connectivity index (χ4v) is 3.28. The molecule has 9 nitrogen and oxygen atoms in total. The van der Waals surface area contributed by atoms with Crippen LogP contribution in [-0.4, -0.2) is 38.0 Å². The number of hydrogen-bond acceptors (Lipinski definition) is 6. The van der Waals surface area contributed by atoms with Crippen LogP contribution in [0.1, 0.15) is 48.9 Å². The smallest absolute Gasteiger partial charge is 0.273 e. The van der Waals surface area contributed by atoms with Crippen molar-refractivity contribution in [3.63, 3.8) is 0 Å². The molecule has 1 heterocycles. The molecule has 0 fully saturated rings. The third-order valence-corrected chi connectivity index (χ3v) is 4.93. The highest BCUT2D eigenvalue weighted by molar-refractivity contribution is 5.93. The molecule has 1 amide bonds. The summed E-state index contributed by atoms with van der Waals surface area (Å²) < 4.78 is 7.08. The van der Waals surface area contributed by atoms with Gasteiger partial charge >= 0.3 is 0 Å². The number of amides is 1. The van der Waals surface area contributed by atoms with E-state index >= 15 is 0 Å². The lowest BCUT2D eigenvalue weighted by molar-refractivity contribution is -0.384. The quantitative estimate of drug-likeness (QED) is 0.400. The van der Waals surface area contributed by atoms with E-state index in [2.05, 4.69) is 15.6 Å². The Morgan fingerprint density at radius 3 is 2.56 bits per heavy atom. The lowest BCUT2D eigenvalue weighted by Crippen LogP contribution is -2.33. The van der Waals surface area contributed by atoms with Crippen LogP contribution >= 0.6 is 0 Å². The molecule has 3 rings (SSSR count). The maximum Gasteiger partial charge on any atom is 0.273 e. The van der Waals surface area contributed by atoms with Crippen LogP contribution in [-0.2, 0) is 6.42 Å². The number of carbonyl (C=O) groups is 1. The Balaban J connectivity index is 1.60. The number of non-ortho nitro benzene ring substituents is 1. The van der Waals surface area contributed by atoms with Crippen molar-refractivity contribution in [1.29, 1.82) is 0 Å². The normalized spacial score (nSPS) is 11.9. The summed E-state index contributed by atoms with van der Waals surface area (Å²) in [6.45, 7) is 7.62. The molecule has 0 spiro atoms. The first-order valence-corrected chi connectivity index (χ1v) is 10.5. The van der Waals surface area contributed by atoms with E-state index in [1.165, 1.54) is 16.8 Å². The number of nitrogens with zero attached hydrogens (tertiary/aromatic N) is 4. The molecule has 0 saturated carbocycles. The van der Waals surface area contributed by atoms with Gasteiger partial charge in [0.25, 0.3) is 11.6 Å². The van der Waals surface area contributed by atoms with Crippen molar-refractivity contribution < 1.29 is 14.5 Å². The average Bonchev–Trinajstić information content (AvgIpc) is 3.14. The predicted molar refractivity (Wildman–Crippen MR) is 120 cm³/mol. The highest BCUT2D eigenvalue weighted by atomic mass is 16.6. The number of carbonyl (C=O) groups excluding carboxylic acids is 1. The number of rotatable bonds is 9. The first-order chi connectivity index (χ1) is 15.2. The fourth-order valence-electron chi connectivity index (χ4n) is 3.28. The lowest BCUT2D eigenvalue weighted by Gasteiger charge is -2.14. The zero-order valence-electron chi connectivity index (χ0n) is 18.6. The number of nitro groups is 1. The Bertz CT molecular complexity index is 1090. The van der Waals surface area contributed by atoms with Crippen molar-refractivity contribution in [3.8, 4) is 11.4 Å². The van der Waals surface area contributed by atoms with Crippen LogP contribution in [0, 0.1) is 17.0 Å². The van der Waals surface area contributed by atoms with Gasteiger partial charge in [0, 0.05) is 18.2 Å². The van der Waals surface area contributed by atoms with Crippen LogP contribution in [0.15, 0.2) is 48.5 Å². The number of aryl methyl sites for hydroxylation is 1. The van der Waals surface area contributed by atoms with Gasteiger partial charge in [-0.1, -0.05) is 23.4 Å². The van der Waals surface area contributed by atoms with E-state index in [0.29, 0.717) is 11.4 Å². The molecular formula is C23H27N5O4. The summed E-state index contributed by atoms with van der Waals surface area (Å²) in [5.74, 6) is 0.514. The second kappa shape index (κ2) is 10.0. The summed E-state index contributed by atoms with van der Waals surface area (Å²) in [6, 6.07) is 13.9. The molecular weight excluding hydrogens is 410 g/mol. The Morgan fingerprint density at radius 1 is 1.19 bits per heavy atom. The second-order valence-corrected chi connectivity index (χ2v) is 7.94. The lowest BCUT2D eigenvalue weighted by atomic mass is 10.1. The van der Waals surface area contributed by atoms with Crippen LogP contribution in [0.25, 0.3) is 5.69 Å². The molecule has 168 valence electrons. The molecule has 0 saturated heterocycles. The topological polar surface area (TPSA) is 112 Å². The molecule has 0 radical (unpaired) electrons. The molecule has 0 bridgehead atoms. The van der Waals surface area contributed by atoms with E-state index in [4.69, 9.17) is 4.74 Å². The number of nitrogens with one attached hydrogen (secondary N) is 1. The van der Waals surface area contributed by atoms with Gasteiger partial charge in [-0.3, -0.25) is 14.9 Å². The minimum absolute atomic E-state index is 0.0548. The van der Waals surface area contributed by atoms with Gasteiger partial charge in [-0.05, 0) is 64.3 Å². The van der Waals surface area contributed by atoms with Crippen LogP contribution in [0.5, 0.6) is 5.75 Å². The van der Waals surface area contributed by atoms with E-state index in [-0.39, 0.29) is 29.4 Å². The van der Waals surface area contributed by atoms with E-state index in [1.807, 2.05) is 45.0 Å². The van der Waals surface area contributed by atoms with Crippen molar-refractivity contribution in [2.45, 2.75) is 52.7 Å². The van der Waals surface area contributed by atoms with Gasteiger partial charge in [-0.2, -0.15) is 0 Å². The second-order valence-electron chi connectivity index (χ2n) is 7.94. The van der Waals surface area contributed by atoms with Crippen LogP contribution in [0.3, 0.4) is 0 Å². The molecule has 1 N–H and O–H groups in total. The molecule has 1 unspecified atom stereocenters. The summed E-state index contributed by atoms with van der Waals surface area (Å²) in [5, 5.41) is 22.0. The number of ether oxygens (including phenoxy) is 1. The Labute approximate surface area is 186 Å². The number of hydrogen-bond donors (Lipinski definition) is 1. The van der Waals surface area contributed by atoms with E-state index in [9.17, 15) is 14.9 Å². The molecule has 1 atom stereocenters. The highest BCUT2D eigenvalue weighted by Crippen LogP contribution is 2.19. The van der Waals surface area contributed by atoms with Gasteiger partial charge in [-0.25, -0.2) is 4.68 Å². The van der Waals surface area contributed by atoms with Crippen molar-refractivity contribution >= 4 is 11.6 Å². The van der Waals surface area contributed by atoms with Crippen LogP contribution < -0.4 is 10.1 Å². The van der Waals surface area contributed by atoms with E-state index in [1.54, 1.807) is 19.1 Å². The SMILES string of the molecule is Cc1c(C(=O)NC(C)CCc2ccc(OC(C)C)cc2)nnn1-c1cccc([N+](=O)[O-])c1. The van der Waals surface area contributed by atoms with Gasteiger partial charge in [0.1, 0.15) is 5.75 Å². The maximum atomic E-state index is 12.7. The molecule has 0 aliphatic carbocycles.